The first-order valence-electron chi connectivity index (χ1n) is 38.2. The fraction of sp³-hybridized carbons (Fsp3) is 0.0189. The van der Waals surface area contributed by atoms with Gasteiger partial charge in [-0.2, -0.15) is 0 Å². The zero-order valence-electron chi connectivity index (χ0n) is 60.7. The lowest BCUT2D eigenvalue weighted by molar-refractivity contribution is 0.436. The molecule has 16 aromatic carbocycles. The summed E-state index contributed by atoms with van der Waals surface area (Å²) in [6.45, 7) is 0. The van der Waals surface area contributed by atoms with Gasteiger partial charge >= 0.3 is 0 Å². The predicted molar refractivity (Wildman–Crippen MR) is 452 cm³/mol. The fourth-order valence-electron chi connectivity index (χ4n) is 18.3. The van der Waals surface area contributed by atoms with E-state index in [9.17, 15) is 0 Å². The van der Waals surface area contributed by atoms with Gasteiger partial charge in [-0.1, -0.05) is 346 Å². The van der Waals surface area contributed by atoms with Crippen molar-refractivity contribution in [2.45, 2.75) is 10.8 Å². The summed E-state index contributed by atoms with van der Waals surface area (Å²) in [4.78, 5) is 21.2. The van der Waals surface area contributed by atoms with Crippen LogP contribution in [0.15, 0.2) is 400 Å². The van der Waals surface area contributed by atoms with Crippen LogP contribution >= 0.6 is 0 Å². The quantitative estimate of drug-likeness (QED) is 0.129. The lowest BCUT2D eigenvalue weighted by Crippen LogP contribution is -2.32. The van der Waals surface area contributed by atoms with Crippen molar-refractivity contribution in [2.24, 2.45) is 0 Å². The molecule has 2 spiro atoms. The summed E-state index contributed by atoms with van der Waals surface area (Å²) in [5.41, 5.74) is 33.3. The Morgan fingerprint density at radius 2 is 0.464 bits per heavy atom. The smallest absolute Gasteiger partial charge is 0.160 e. The minimum atomic E-state index is -0.706. The molecule has 0 bridgehead atoms. The van der Waals surface area contributed by atoms with Crippen molar-refractivity contribution in [3.05, 3.63) is 445 Å². The average molecular weight is 1430 g/mol. The molecule has 0 fully saturated rings. The SMILES string of the molecule is c1ccc(-c2nc(-c3ccc(-c4ccc5c(c4)C4(c6ccccc6O5)c5ccccc5-c5ccccc54)cc3)cc(-c3cccc(-c4ccccc4-c4ccc5c(c4)Oc4ccc(-c6ccc(-c7cc(-c8ccccc8-c8ccccc8)nc(-c8ccccc8)n7)cc6)cc4C54c5ccccc5-c5ccccc54)c3)n2)cc1. The van der Waals surface area contributed by atoms with E-state index in [4.69, 9.17) is 29.4 Å². The molecule has 0 amide bonds. The second kappa shape index (κ2) is 26.0. The van der Waals surface area contributed by atoms with Gasteiger partial charge in [-0.15, -0.1) is 0 Å². The highest BCUT2D eigenvalue weighted by Crippen LogP contribution is 2.65. The number of benzene rings is 16. The van der Waals surface area contributed by atoms with Crippen LogP contribution in [0, 0.1) is 0 Å². The Kier molecular flexibility index (Phi) is 15.0. The van der Waals surface area contributed by atoms with Crippen molar-refractivity contribution < 1.29 is 9.47 Å². The first-order chi connectivity index (χ1) is 55.5. The number of fused-ring (bicyclic) bond motifs is 18. The van der Waals surface area contributed by atoms with Gasteiger partial charge in [0, 0.05) is 55.6 Å². The molecule has 6 nitrogen and oxygen atoms in total. The molecule has 4 aliphatic rings. The Bertz CT molecular complexity index is 6720. The van der Waals surface area contributed by atoms with Crippen molar-refractivity contribution in [1.82, 2.24) is 19.9 Å². The average Bonchev–Trinajstić information content (AvgIpc) is 1.49. The van der Waals surface area contributed by atoms with Crippen LogP contribution in [0.3, 0.4) is 0 Å². The topological polar surface area (TPSA) is 70.0 Å². The number of aromatic nitrogens is 4. The highest BCUT2D eigenvalue weighted by atomic mass is 16.5. The molecule has 0 unspecified atom stereocenters. The van der Waals surface area contributed by atoms with Crippen LogP contribution in [0.5, 0.6) is 23.0 Å². The molecule has 22 rings (SSSR count). The standard InChI is InChI=1S/C106H66N4O2/c1-4-25-69(26-5-1)79-33-12-13-40-86(79)98-66-96(108-104(110-98)73-29-8-3-9-30-73)71-53-49-68(50-54-71)75-57-60-101-94(63-75)106(89-43-20-16-38-84(89)85-39-17-21-44-90(85)106)92-58-55-77(64-102(92)112-101)81-35-11-10-34-80(81)76-31-24-32-78(61-76)97-65-95(107-103(109-97)72-27-6-2-7-28-72)70-51-47-67(48-52-70)74-56-59-100-93(62-74)105(91-45-22-23-46-99(91)111-100)87-41-18-14-36-82(87)83-37-15-19-42-88(83)105/h1-66H. The van der Waals surface area contributed by atoms with E-state index in [1.165, 1.54) is 44.5 Å². The van der Waals surface area contributed by atoms with Crippen molar-refractivity contribution >= 4 is 0 Å². The summed E-state index contributed by atoms with van der Waals surface area (Å²) in [5, 5.41) is 0. The molecule has 0 N–H and O–H groups in total. The van der Waals surface area contributed by atoms with Gasteiger partial charge in [0.05, 0.1) is 33.6 Å². The molecule has 18 aromatic rings. The fourth-order valence-corrected chi connectivity index (χ4v) is 18.3. The molecular formula is C106H66N4O2. The van der Waals surface area contributed by atoms with Crippen LogP contribution < -0.4 is 9.47 Å². The van der Waals surface area contributed by atoms with Gasteiger partial charge in [0.15, 0.2) is 11.6 Å². The molecule has 2 aromatic heterocycles. The molecule has 0 radical (unpaired) electrons. The zero-order valence-corrected chi connectivity index (χ0v) is 60.7. The molecule has 2 aliphatic heterocycles. The first-order valence-corrected chi connectivity index (χ1v) is 38.2. The van der Waals surface area contributed by atoms with Crippen LogP contribution in [0.2, 0.25) is 0 Å². The van der Waals surface area contributed by atoms with Gasteiger partial charge < -0.3 is 9.47 Å². The summed E-state index contributed by atoms with van der Waals surface area (Å²) >= 11 is 0. The van der Waals surface area contributed by atoms with Crippen LogP contribution in [0.25, 0.3) is 146 Å². The predicted octanol–water partition coefficient (Wildman–Crippen LogP) is 26.5. The molecule has 0 saturated carbocycles. The van der Waals surface area contributed by atoms with Crippen molar-refractivity contribution in [3.8, 4) is 169 Å². The third kappa shape index (κ3) is 10.3. The van der Waals surface area contributed by atoms with E-state index >= 15 is 0 Å². The highest BCUT2D eigenvalue weighted by molar-refractivity contribution is 5.94. The van der Waals surface area contributed by atoms with Gasteiger partial charge in [0.2, 0.25) is 0 Å². The third-order valence-corrected chi connectivity index (χ3v) is 23.3. The molecule has 522 valence electrons. The molecule has 2 aliphatic carbocycles. The van der Waals surface area contributed by atoms with Crippen molar-refractivity contribution in [1.29, 1.82) is 0 Å². The van der Waals surface area contributed by atoms with Crippen molar-refractivity contribution in [2.75, 3.05) is 0 Å². The summed E-state index contributed by atoms with van der Waals surface area (Å²) in [6.07, 6.45) is 0. The number of nitrogens with zero attached hydrogens (tertiary/aromatic N) is 4. The Balaban J connectivity index is 0.603. The molecule has 6 heteroatoms. The minimum Gasteiger partial charge on any atom is -0.457 e. The lowest BCUT2D eigenvalue weighted by Gasteiger charge is -2.40. The molecule has 4 heterocycles. The van der Waals surface area contributed by atoms with Gasteiger partial charge in [-0.05, 0) is 155 Å². The molecule has 0 atom stereocenters. The van der Waals surface area contributed by atoms with E-state index in [0.717, 1.165) is 157 Å². The van der Waals surface area contributed by atoms with Gasteiger partial charge in [-0.3, -0.25) is 0 Å². The minimum absolute atomic E-state index is 0.561. The largest absolute Gasteiger partial charge is 0.457 e. The summed E-state index contributed by atoms with van der Waals surface area (Å²) in [5.74, 6) is 4.70. The molecular weight excluding hydrogens is 1360 g/mol. The second-order valence-electron chi connectivity index (χ2n) is 29.4. The molecule has 0 saturated heterocycles. The first kappa shape index (κ1) is 64.5. The second-order valence-corrected chi connectivity index (χ2v) is 29.4. The number of para-hydroxylation sites is 1. The van der Waals surface area contributed by atoms with Crippen molar-refractivity contribution in [3.63, 3.8) is 0 Å². The van der Waals surface area contributed by atoms with E-state index in [2.05, 4.69) is 364 Å². The Morgan fingerprint density at radius 3 is 0.955 bits per heavy atom. The molecule has 112 heavy (non-hydrogen) atoms. The zero-order chi connectivity index (χ0) is 73.9. The van der Waals surface area contributed by atoms with E-state index in [1.54, 1.807) is 0 Å². The Hall–Kier alpha value is -14.7. The van der Waals surface area contributed by atoms with Crippen LogP contribution in [0.4, 0.5) is 0 Å². The van der Waals surface area contributed by atoms with Gasteiger partial charge in [0.1, 0.15) is 23.0 Å². The summed E-state index contributed by atoms with van der Waals surface area (Å²) < 4.78 is 14.1. The third-order valence-electron chi connectivity index (χ3n) is 23.3. The summed E-state index contributed by atoms with van der Waals surface area (Å²) in [6, 6.07) is 144. The number of hydrogen-bond acceptors (Lipinski definition) is 6. The van der Waals surface area contributed by atoms with Crippen LogP contribution in [-0.4, -0.2) is 19.9 Å². The normalized spacial score (nSPS) is 13.1. The van der Waals surface area contributed by atoms with E-state index in [-0.39, 0.29) is 0 Å². The number of rotatable bonds is 11. The number of hydrogen-bond donors (Lipinski definition) is 0. The Labute approximate surface area is 649 Å². The van der Waals surface area contributed by atoms with E-state index in [1.807, 2.05) is 36.4 Å². The Morgan fingerprint density at radius 1 is 0.152 bits per heavy atom. The maximum Gasteiger partial charge on any atom is 0.160 e. The highest BCUT2D eigenvalue weighted by Gasteiger charge is 2.53. The van der Waals surface area contributed by atoms with Crippen LogP contribution in [-0.2, 0) is 10.8 Å². The maximum atomic E-state index is 7.34. The summed E-state index contributed by atoms with van der Waals surface area (Å²) in [7, 11) is 0. The maximum absolute atomic E-state index is 7.34. The monoisotopic (exact) mass is 1430 g/mol. The lowest BCUT2D eigenvalue weighted by atomic mass is 9.65. The van der Waals surface area contributed by atoms with Gasteiger partial charge in [-0.25, -0.2) is 19.9 Å². The van der Waals surface area contributed by atoms with E-state index < -0.39 is 10.8 Å². The van der Waals surface area contributed by atoms with Crippen LogP contribution in [0.1, 0.15) is 44.5 Å². The number of ether oxygens (including phenoxy) is 2. The van der Waals surface area contributed by atoms with Gasteiger partial charge in [0.25, 0.3) is 0 Å². The van der Waals surface area contributed by atoms with E-state index in [0.29, 0.717) is 11.6 Å².